The van der Waals surface area contributed by atoms with E-state index in [9.17, 15) is 9.59 Å². The van der Waals surface area contributed by atoms with Gasteiger partial charge < -0.3 is 9.09 Å². The van der Waals surface area contributed by atoms with Gasteiger partial charge in [-0.05, 0) is 13.1 Å². The van der Waals surface area contributed by atoms with Crippen LogP contribution >= 0.6 is 0 Å². The van der Waals surface area contributed by atoms with Gasteiger partial charge in [-0.2, -0.15) is 4.98 Å². The first-order chi connectivity index (χ1) is 12.0. The van der Waals surface area contributed by atoms with Crippen LogP contribution in [0.25, 0.3) is 11.2 Å². The molecule has 10 heteroatoms. The molecule has 1 N–H and O–H groups in total. The van der Waals surface area contributed by atoms with Crippen LogP contribution in [0.2, 0.25) is 0 Å². The molecule has 0 amide bonds. The van der Waals surface area contributed by atoms with Crippen LogP contribution in [0.3, 0.4) is 0 Å². The van der Waals surface area contributed by atoms with Crippen molar-refractivity contribution in [1.29, 1.82) is 0 Å². The number of rotatable bonds is 7. The Morgan fingerprint density at radius 2 is 2.04 bits per heavy atom. The molecule has 0 saturated carbocycles. The van der Waals surface area contributed by atoms with E-state index in [0.29, 0.717) is 42.4 Å². The average molecular weight is 347 g/mol. The minimum Gasteiger partial charge on any atom is -0.338 e. The Morgan fingerprint density at radius 1 is 1.28 bits per heavy atom. The summed E-state index contributed by atoms with van der Waals surface area (Å²) in [6, 6.07) is 0. The van der Waals surface area contributed by atoms with Crippen LogP contribution in [0, 0.1) is 0 Å². The summed E-state index contributed by atoms with van der Waals surface area (Å²) in [7, 11) is 1.57. The average Bonchev–Trinajstić information content (AvgIpc) is 3.22. The highest BCUT2D eigenvalue weighted by Crippen LogP contribution is 2.08. The Morgan fingerprint density at radius 3 is 2.76 bits per heavy atom. The summed E-state index contributed by atoms with van der Waals surface area (Å²) in [4.78, 5) is 36.7. The monoisotopic (exact) mass is 347 g/mol. The fourth-order valence-corrected chi connectivity index (χ4v) is 2.67. The van der Waals surface area contributed by atoms with Gasteiger partial charge in [0, 0.05) is 20.0 Å². The predicted octanol–water partition coefficient (Wildman–Crippen LogP) is -0.109. The summed E-state index contributed by atoms with van der Waals surface area (Å²) in [5.41, 5.74) is -0.231. The van der Waals surface area contributed by atoms with Gasteiger partial charge in [-0.25, -0.2) is 9.78 Å². The minimum absolute atomic E-state index is 0.351. The summed E-state index contributed by atoms with van der Waals surface area (Å²) in [6.07, 6.45) is 2.03. The molecule has 25 heavy (non-hydrogen) atoms. The van der Waals surface area contributed by atoms with Crippen LogP contribution in [-0.4, -0.2) is 47.2 Å². The van der Waals surface area contributed by atoms with Crippen molar-refractivity contribution in [2.45, 2.75) is 33.4 Å². The first kappa shape index (κ1) is 17.1. The van der Waals surface area contributed by atoms with E-state index < -0.39 is 11.2 Å². The second kappa shape index (κ2) is 7.01. The highest BCUT2D eigenvalue weighted by atomic mass is 16.5. The molecule has 0 fully saturated rings. The van der Waals surface area contributed by atoms with Crippen LogP contribution in [0.4, 0.5) is 0 Å². The highest BCUT2D eigenvalue weighted by molar-refractivity contribution is 5.69. The van der Waals surface area contributed by atoms with Gasteiger partial charge in [0.2, 0.25) is 5.89 Å². The number of imidazole rings is 1. The molecule has 3 rings (SSSR count). The maximum atomic E-state index is 12.1. The zero-order valence-electron chi connectivity index (χ0n) is 14.5. The summed E-state index contributed by atoms with van der Waals surface area (Å²) in [5.74, 6) is 1.15. The maximum absolute atomic E-state index is 12.1. The molecule has 0 saturated heterocycles. The highest BCUT2D eigenvalue weighted by Gasteiger charge is 2.13. The second-order valence-corrected chi connectivity index (χ2v) is 5.74. The fraction of sp³-hybridized carbons (Fsp3) is 0.533. The summed E-state index contributed by atoms with van der Waals surface area (Å²) in [6.45, 7) is 7.07. The number of H-pyrrole nitrogens is 1. The van der Waals surface area contributed by atoms with Crippen LogP contribution < -0.4 is 11.2 Å². The summed E-state index contributed by atoms with van der Waals surface area (Å²) < 4.78 is 8.27. The molecule has 0 atom stereocenters. The van der Waals surface area contributed by atoms with Crippen molar-refractivity contribution >= 4 is 11.2 Å². The smallest absolute Gasteiger partial charge is 0.329 e. The van der Waals surface area contributed by atoms with Gasteiger partial charge in [0.15, 0.2) is 17.0 Å². The molecule has 0 aliphatic rings. The van der Waals surface area contributed by atoms with E-state index in [0.717, 1.165) is 13.1 Å². The number of aromatic nitrogens is 6. The van der Waals surface area contributed by atoms with Gasteiger partial charge in [0.25, 0.3) is 5.56 Å². The van der Waals surface area contributed by atoms with Crippen molar-refractivity contribution in [3.63, 3.8) is 0 Å². The zero-order chi connectivity index (χ0) is 18.0. The first-order valence-corrected chi connectivity index (χ1v) is 8.21. The standard InChI is InChI=1S/C15H21N7O3/c1-4-21(5-2)8-11-17-10(19-25-11)6-7-22-9-16-13-12(22)14(23)18-15(24)20(13)3/h9H,4-8H2,1-3H3,(H,18,23,24). The van der Waals surface area contributed by atoms with E-state index in [4.69, 9.17) is 4.52 Å². The third kappa shape index (κ3) is 3.38. The Kier molecular flexibility index (Phi) is 4.79. The van der Waals surface area contributed by atoms with Gasteiger partial charge in [-0.3, -0.25) is 19.2 Å². The quantitative estimate of drug-likeness (QED) is 0.634. The van der Waals surface area contributed by atoms with E-state index in [2.05, 4.69) is 38.9 Å². The van der Waals surface area contributed by atoms with E-state index >= 15 is 0 Å². The maximum Gasteiger partial charge on any atom is 0.329 e. The number of nitrogens with zero attached hydrogens (tertiary/aromatic N) is 6. The molecule has 0 aromatic carbocycles. The van der Waals surface area contributed by atoms with Crippen molar-refractivity contribution in [3.05, 3.63) is 38.9 Å². The number of aromatic amines is 1. The van der Waals surface area contributed by atoms with Crippen LogP contribution in [0.5, 0.6) is 0 Å². The largest absolute Gasteiger partial charge is 0.338 e. The molecule has 10 nitrogen and oxygen atoms in total. The lowest BCUT2D eigenvalue weighted by Gasteiger charge is -2.14. The second-order valence-electron chi connectivity index (χ2n) is 5.74. The Hall–Kier alpha value is -2.75. The lowest BCUT2D eigenvalue weighted by molar-refractivity contribution is 0.246. The third-order valence-electron chi connectivity index (χ3n) is 4.22. The molecule has 3 aromatic rings. The Labute approximate surface area is 143 Å². The zero-order valence-corrected chi connectivity index (χ0v) is 14.5. The molecule has 3 aromatic heterocycles. The molecular weight excluding hydrogens is 326 g/mol. The molecule has 134 valence electrons. The van der Waals surface area contributed by atoms with Crippen molar-refractivity contribution in [2.75, 3.05) is 13.1 Å². The number of fused-ring (bicyclic) bond motifs is 1. The van der Waals surface area contributed by atoms with E-state index in [1.54, 1.807) is 11.6 Å². The van der Waals surface area contributed by atoms with Gasteiger partial charge in [-0.1, -0.05) is 19.0 Å². The fourth-order valence-electron chi connectivity index (χ4n) is 2.67. The molecule has 0 radical (unpaired) electrons. The minimum atomic E-state index is -0.484. The van der Waals surface area contributed by atoms with Crippen LogP contribution in [-0.2, 0) is 26.6 Å². The topological polar surface area (TPSA) is 115 Å². The molecule has 3 heterocycles. The Bertz CT molecular complexity index is 977. The molecule has 0 aliphatic carbocycles. The molecule has 0 bridgehead atoms. The van der Waals surface area contributed by atoms with Crippen LogP contribution in [0.15, 0.2) is 20.4 Å². The molecule has 0 aliphatic heterocycles. The van der Waals surface area contributed by atoms with Crippen molar-refractivity contribution < 1.29 is 4.52 Å². The van der Waals surface area contributed by atoms with Crippen molar-refractivity contribution in [1.82, 2.24) is 34.1 Å². The van der Waals surface area contributed by atoms with Crippen molar-refractivity contribution in [3.8, 4) is 0 Å². The lowest BCUT2D eigenvalue weighted by Crippen LogP contribution is -2.29. The normalized spacial score (nSPS) is 11.7. The number of hydrogen-bond donors (Lipinski definition) is 1. The van der Waals surface area contributed by atoms with E-state index in [1.165, 1.54) is 10.9 Å². The number of hydrogen-bond acceptors (Lipinski definition) is 7. The van der Waals surface area contributed by atoms with Crippen molar-refractivity contribution in [2.24, 2.45) is 7.05 Å². The number of nitrogens with one attached hydrogen (secondary N) is 1. The lowest BCUT2D eigenvalue weighted by atomic mass is 10.4. The Balaban J connectivity index is 1.76. The SMILES string of the molecule is CCN(CC)Cc1nc(CCn2cnc3c2c(=O)[nH]c(=O)n3C)no1. The first-order valence-electron chi connectivity index (χ1n) is 8.21. The summed E-state index contributed by atoms with van der Waals surface area (Å²) >= 11 is 0. The van der Waals surface area contributed by atoms with Gasteiger partial charge in [-0.15, -0.1) is 0 Å². The molecular formula is C15H21N7O3. The van der Waals surface area contributed by atoms with Gasteiger partial charge in [0.1, 0.15) is 0 Å². The number of aryl methyl sites for hydroxylation is 3. The third-order valence-corrected chi connectivity index (χ3v) is 4.22. The predicted molar refractivity (Wildman–Crippen MR) is 90.2 cm³/mol. The van der Waals surface area contributed by atoms with Gasteiger partial charge in [0.05, 0.1) is 12.9 Å². The molecule has 0 unspecified atom stereocenters. The van der Waals surface area contributed by atoms with Gasteiger partial charge >= 0.3 is 5.69 Å². The van der Waals surface area contributed by atoms with E-state index in [-0.39, 0.29) is 0 Å². The summed E-state index contributed by atoms with van der Waals surface area (Å²) in [5, 5.41) is 3.98. The van der Waals surface area contributed by atoms with Crippen LogP contribution in [0.1, 0.15) is 25.6 Å². The van der Waals surface area contributed by atoms with E-state index in [1.807, 2.05) is 0 Å². The molecule has 0 spiro atoms.